The van der Waals surface area contributed by atoms with Crippen LogP contribution in [0.3, 0.4) is 0 Å². The molecule has 0 aromatic heterocycles. The van der Waals surface area contributed by atoms with Crippen LogP contribution >= 0.6 is 0 Å². The number of aliphatic carboxylic acids is 1. The number of halogens is 3. The van der Waals surface area contributed by atoms with Crippen LogP contribution in [0, 0.1) is 5.92 Å². The molecule has 0 saturated heterocycles. The Morgan fingerprint density at radius 2 is 2.12 bits per heavy atom. The Labute approximate surface area is 97.8 Å². The fourth-order valence-electron chi connectivity index (χ4n) is 1.54. The summed E-state index contributed by atoms with van der Waals surface area (Å²) in [5.41, 5.74) is 0. The van der Waals surface area contributed by atoms with Gasteiger partial charge >= 0.3 is 12.1 Å². The standard InChI is InChI=1S/C10H17F3N2O2/c1-15(7-2-3-7)5-4-14-6-8(9(16)17)10(11,12)13/h7-8,14H,2-6H2,1H3,(H,16,17). The molecule has 1 unspecified atom stereocenters. The maximum atomic E-state index is 12.3. The van der Waals surface area contributed by atoms with Gasteiger partial charge in [0.25, 0.3) is 0 Å². The van der Waals surface area contributed by atoms with Crippen molar-refractivity contribution in [2.75, 3.05) is 26.7 Å². The summed E-state index contributed by atoms with van der Waals surface area (Å²) < 4.78 is 36.8. The van der Waals surface area contributed by atoms with Crippen LogP contribution in [-0.2, 0) is 4.79 Å². The minimum absolute atomic E-state index is 0.368. The molecule has 1 aliphatic rings. The molecule has 1 atom stereocenters. The van der Waals surface area contributed by atoms with E-state index in [0.717, 1.165) is 12.8 Å². The van der Waals surface area contributed by atoms with Gasteiger partial charge in [0.15, 0.2) is 5.92 Å². The number of carboxylic acid groups (broad SMARTS) is 1. The van der Waals surface area contributed by atoms with Crippen molar-refractivity contribution < 1.29 is 23.1 Å². The van der Waals surface area contributed by atoms with E-state index in [9.17, 15) is 18.0 Å². The molecule has 4 nitrogen and oxygen atoms in total. The van der Waals surface area contributed by atoms with Crippen LogP contribution in [0.15, 0.2) is 0 Å². The number of carbonyl (C=O) groups is 1. The van der Waals surface area contributed by atoms with E-state index in [1.165, 1.54) is 0 Å². The molecule has 7 heteroatoms. The first-order valence-corrected chi connectivity index (χ1v) is 5.53. The van der Waals surface area contributed by atoms with Crippen molar-refractivity contribution >= 4 is 5.97 Å². The molecule has 0 spiro atoms. The molecule has 17 heavy (non-hydrogen) atoms. The highest BCUT2D eigenvalue weighted by molar-refractivity contribution is 5.71. The van der Waals surface area contributed by atoms with Gasteiger partial charge in [-0.3, -0.25) is 4.79 Å². The number of nitrogens with zero attached hydrogens (tertiary/aromatic N) is 1. The molecule has 0 radical (unpaired) electrons. The Morgan fingerprint density at radius 3 is 2.53 bits per heavy atom. The number of rotatable bonds is 7. The second kappa shape index (κ2) is 5.68. The molecular formula is C10H17F3N2O2. The molecule has 0 aromatic carbocycles. The summed E-state index contributed by atoms with van der Waals surface area (Å²) in [4.78, 5) is 12.5. The van der Waals surface area contributed by atoms with Crippen LogP contribution in [0.5, 0.6) is 0 Å². The van der Waals surface area contributed by atoms with Gasteiger partial charge < -0.3 is 15.3 Å². The number of carboxylic acids is 1. The zero-order valence-electron chi connectivity index (χ0n) is 9.63. The van der Waals surface area contributed by atoms with Crippen molar-refractivity contribution in [2.45, 2.75) is 25.1 Å². The second-order valence-electron chi connectivity index (χ2n) is 4.35. The SMILES string of the molecule is CN(CCNCC(C(=O)O)C(F)(F)F)C1CC1. The van der Waals surface area contributed by atoms with E-state index in [1.54, 1.807) is 0 Å². The van der Waals surface area contributed by atoms with Gasteiger partial charge in [-0.15, -0.1) is 0 Å². The number of likely N-dealkylation sites (N-methyl/N-ethyl adjacent to an activating group) is 1. The fraction of sp³-hybridized carbons (Fsp3) is 0.900. The zero-order valence-corrected chi connectivity index (χ0v) is 9.63. The molecule has 0 heterocycles. The summed E-state index contributed by atoms with van der Waals surface area (Å²) in [6, 6.07) is 0.551. The van der Waals surface area contributed by atoms with E-state index in [-0.39, 0.29) is 0 Å². The molecule has 0 bridgehead atoms. The minimum atomic E-state index is -4.69. The number of hydrogen-bond donors (Lipinski definition) is 2. The van der Waals surface area contributed by atoms with Crippen molar-refractivity contribution in [1.29, 1.82) is 0 Å². The zero-order chi connectivity index (χ0) is 13.1. The van der Waals surface area contributed by atoms with Crippen LogP contribution in [0.2, 0.25) is 0 Å². The Kier molecular flexibility index (Phi) is 4.76. The molecule has 1 saturated carbocycles. The maximum absolute atomic E-state index is 12.3. The summed E-state index contributed by atoms with van der Waals surface area (Å²) in [5.74, 6) is -4.16. The summed E-state index contributed by atoms with van der Waals surface area (Å²) in [6.45, 7) is 0.430. The van der Waals surface area contributed by atoms with Gasteiger partial charge in [0.2, 0.25) is 0 Å². The third kappa shape index (κ3) is 4.91. The average molecular weight is 254 g/mol. The van der Waals surface area contributed by atoms with E-state index in [2.05, 4.69) is 10.2 Å². The summed E-state index contributed by atoms with van der Waals surface area (Å²) in [7, 11) is 1.91. The van der Waals surface area contributed by atoms with Crippen molar-refractivity contribution in [3.63, 3.8) is 0 Å². The largest absolute Gasteiger partial charge is 0.481 e. The van der Waals surface area contributed by atoms with Gasteiger partial charge in [0.1, 0.15) is 0 Å². The Bertz CT molecular complexity index is 267. The van der Waals surface area contributed by atoms with Crippen molar-refractivity contribution in [2.24, 2.45) is 5.92 Å². The number of alkyl halides is 3. The number of hydrogen-bond acceptors (Lipinski definition) is 3. The molecule has 0 aromatic rings. The van der Waals surface area contributed by atoms with Crippen molar-refractivity contribution in [3.05, 3.63) is 0 Å². The Hall–Kier alpha value is -0.820. The summed E-state index contributed by atoms with van der Waals surface area (Å²) in [6.07, 6.45) is -2.42. The Morgan fingerprint density at radius 1 is 1.53 bits per heavy atom. The molecule has 1 rings (SSSR count). The van der Waals surface area contributed by atoms with E-state index < -0.39 is 24.6 Å². The summed E-state index contributed by atoms with van der Waals surface area (Å²) in [5, 5.41) is 11.0. The molecule has 1 aliphatic carbocycles. The minimum Gasteiger partial charge on any atom is -0.481 e. The van der Waals surface area contributed by atoms with E-state index in [4.69, 9.17) is 5.11 Å². The first-order valence-electron chi connectivity index (χ1n) is 5.53. The van der Waals surface area contributed by atoms with Crippen molar-refractivity contribution in [1.82, 2.24) is 10.2 Å². The highest BCUT2D eigenvalue weighted by atomic mass is 19.4. The Balaban J connectivity index is 2.20. The van der Waals surface area contributed by atoms with Gasteiger partial charge in [0.05, 0.1) is 0 Å². The average Bonchev–Trinajstić information content (AvgIpc) is 2.97. The molecule has 1 fully saturated rings. The van der Waals surface area contributed by atoms with Crippen LogP contribution in [-0.4, -0.2) is 54.9 Å². The third-order valence-electron chi connectivity index (χ3n) is 2.85. The van der Waals surface area contributed by atoms with Crippen molar-refractivity contribution in [3.8, 4) is 0 Å². The topological polar surface area (TPSA) is 52.6 Å². The quantitative estimate of drug-likeness (QED) is 0.664. The fourth-order valence-corrected chi connectivity index (χ4v) is 1.54. The molecule has 2 N–H and O–H groups in total. The molecule has 0 aliphatic heterocycles. The molecule has 100 valence electrons. The maximum Gasteiger partial charge on any atom is 0.403 e. The molecule has 0 amide bonds. The van der Waals surface area contributed by atoms with Crippen LogP contribution in [0.25, 0.3) is 0 Å². The van der Waals surface area contributed by atoms with Gasteiger partial charge in [0, 0.05) is 25.7 Å². The normalized spacial score (nSPS) is 18.4. The lowest BCUT2D eigenvalue weighted by Crippen LogP contribution is -2.41. The monoisotopic (exact) mass is 254 g/mol. The highest BCUT2D eigenvalue weighted by Gasteiger charge is 2.44. The second-order valence-corrected chi connectivity index (χ2v) is 4.35. The van der Waals surface area contributed by atoms with Gasteiger partial charge in [-0.05, 0) is 19.9 Å². The smallest absolute Gasteiger partial charge is 0.403 e. The van der Waals surface area contributed by atoms with E-state index in [1.807, 2.05) is 7.05 Å². The number of nitrogens with one attached hydrogen (secondary N) is 1. The van der Waals surface area contributed by atoms with Crippen LogP contribution < -0.4 is 5.32 Å². The van der Waals surface area contributed by atoms with Gasteiger partial charge in [-0.2, -0.15) is 13.2 Å². The first kappa shape index (κ1) is 14.2. The summed E-state index contributed by atoms with van der Waals surface area (Å²) >= 11 is 0. The van der Waals surface area contributed by atoms with Gasteiger partial charge in [-0.25, -0.2) is 0 Å². The lowest BCUT2D eigenvalue weighted by molar-refractivity contribution is -0.192. The predicted molar refractivity (Wildman–Crippen MR) is 55.7 cm³/mol. The van der Waals surface area contributed by atoms with Gasteiger partial charge in [-0.1, -0.05) is 0 Å². The van der Waals surface area contributed by atoms with Crippen LogP contribution in [0.4, 0.5) is 13.2 Å². The predicted octanol–water partition coefficient (Wildman–Crippen LogP) is 0.933. The molecular weight excluding hydrogens is 237 g/mol. The van der Waals surface area contributed by atoms with E-state index in [0.29, 0.717) is 19.1 Å². The lowest BCUT2D eigenvalue weighted by Gasteiger charge is -2.19. The first-order chi connectivity index (χ1) is 7.82. The lowest BCUT2D eigenvalue weighted by atomic mass is 10.1. The highest BCUT2D eigenvalue weighted by Crippen LogP contribution is 2.26. The van der Waals surface area contributed by atoms with E-state index >= 15 is 0 Å². The van der Waals surface area contributed by atoms with Crippen LogP contribution in [0.1, 0.15) is 12.8 Å². The third-order valence-corrected chi connectivity index (χ3v) is 2.85.